The SMILES string of the molecule is CN=C(NCc1csc(C(C)C)n1)N1CCN(C(C)C(F)(F)F)CC1. The molecule has 2 heterocycles. The Hall–Kier alpha value is -1.35. The second kappa shape index (κ2) is 8.35. The number of nitrogens with one attached hydrogen (secondary N) is 1. The molecule has 0 aromatic carbocycles. The summed E-state index contributed by atoms with van der Waals surface area (Å²) in [5.41, 5.74) is 0.958. The average Bonchev–Trinajstić information content (AvgIpc) is 3.04. The van der Waals surface area contributed by atoms with Gasteiger partial charge in [-0.25, -0.2) is 4.98 Å². The molecule has 1 aliphatic heterocycles. The summed E-state index contributed by atoms with van der Waals surface area (Å²) in [6.45, 7) is 7.78. The molecule has 1 saturated heterocycles. The fourth-order valence-electron chi connectivity index (χ4n) is 2.70. The highest BCUT2D eigenvalue weighted by molar-refractivity contribution is 7.09. The van der Waals surface area contributed by atoms with E-state index in [1.165, 1.54) is 11.8 Å². The summed E-state index contributed by atoms with van der Waals surface area (Å²) in [7, 11) is 1.69. The van der Waals surface area contributed by atoms with E-state index < -0.39 is 12.2 Å². The maximum atomic E-state index is 12.8. The molecule has 1 aliphatic rings. The van der Waals surface area contributed by atoms with Gasteiger partial charge in [0.1, 0.15) is 6.04 Å². The summed E-state index contributed by atoms with van der Waals surface area (Å²) >= 11 is 1.64. The van der Waals surface area contributed by atoms with Crippen molar-refractivity contribution >= 4 is 17.3 Å². The molecule has 5 nitrogen and oxygen atoms in total. The minimum absolute atomic E-state index is 0.371. The Morgan fingerprint density at radius 1 is 1.28 bits per heavy atom. The Morgan fingerprint density at radius 2 is 1.92 bits per heavy atom. The molecule has 1 aromatic heterocycles. The normalized spacial score (nSPS) is 18.7. The average molecular weight is 377 g/mol. The highest BCUT2D eigenvalue weighted by Crippen LogP contribution is 2.25. The number of thiazole rings is 1. The van der Waals surface area contributed by atoms with Gasteiger partial charge in [0.25, 0.3) is 0 Å². The first-order valence-corrected chi connectivity index (χ1v) is 9.31. The lowest BCUT2D eigenvalue weighted by molar-refractivity contribution is -0.181. The standard InChI is InChI=1S/C16H26F3N5S/c1-11(2)14-22-13(10-25-14)9-21-15(20-4)24-7-5-23(6-8-24)12(3)16(17,18)19/h10-12H,5-9H2,1-4H3,(H,20,21). The van der Waals surface area contributed by atoms with E-state index in [2.05, 4.69) is 29.1 Å². The predicted molar refractivity (Wildman–Crippen MR) is 95.1 cm³/mol. The van der Waals surface area contributed by atoms with Crippen molar-refractivity contribution < 1.29 is 13.2 Å². The first-order chi connectivity index (χ1) is 11.7. The molecule has 25 heavy (non-hydrogen) atoms. The van der Waals surface area contributed by atoms with E-state index >= 15 is 0 Å². The molecule has 1 unspecified atom stereocenters. The van der Waals surface area contributed by atoms with Crippen LogP contribution in [-0.2, 0) is 6.54 Å². The van der Waals surface area contributed by atoms with Gasteiger partial charge in [-0.05, 0) is 6.92 Å². The van der Waals surface area contributed by atoms with Crippen molar-refractivity contribution in [2.45, 2.75) is 45.5 Å². The van der Waals surface area contributed by atoms with Crippen molar-refractivity contribution in [1.29, 1.82) is 0 Å². The Kier molecular flexibility index (Phi) is 6.67. The van der Waals surface area contributed by atoms with Gasteiger partial charge in [-0.2, -0.15) is 13.2 Å². The zero-order chi connectivity index (χ0) is 18.6. The molecular formula is C16H26F3N5S. The third-order valence-electron chi connectivity index (χ3n) is 4.34. The van der Waals surface area contributed by atoms with Crippen LogP contribution in [0.2, 0.25) is 0 Å². The van der Waals surface area contributed by atoms with Gasteiger partial charge in [0.05, 0.1) is 17.2 Å². The molecule has 1 atom stereocenters. The van der Waals surface area contributed by atoms with Crippen LogP contribution in [0.3, 0.4) is 0 Å². The van der Waals surface area contributed by atoms with Crippen LogP contribution in [0.15, 0.2) is 10.4 Å². The predicted octanol–water partition coefficient (Wildman–Crippen LogP) is 2.91. The van der Waals surface area contributed by atoms with E-state index in [-0.39, 0.29) is 0 Å². The molecule has 0 saturated carbocycles. The second-order valence-electron chi connectivity index (χ2n) is 6.47. The topological polar surface area (TPSA) is 43.8 Å². The number of guanidine groups is 1. The van der Waals surface area contributed by atoms with Gasteiger partial charge in [0.2, 0.25) is 0 Å². The number of aromatic nitrogens is 1. The summed E-state index contributed by atoms with van der Waals surface area (Å²) in [4.78, 5) is 12.3. The third-order valence-corrected chi connectivity index (χ3v) is 5.53. The Balaban J connectivity index is 1.86. The fourth-order valence-corrected chi connectivity index (χ4v) is 3.53. The van der Waals surface area contributed by atoms with Crippen LogP contribution >= 0.6 is 11.3 Å². The summed E-state index contributed by atoms with van der Waals surface area (Å²) in [6, 6.07) is -1.41. The quantitative estimate of drug-likeness (QED) is 0.647. The van der Waals surface area contributed by atoms with Crippen LogP contribution in [0.1, 0.15) is 37.4 Å². The lowest BCUT2D eigenvalue weighted by atomic mass is 10.2. The minimum atomic E-state index is -4.18. The molecule has 0 spiro atoms. The number of alkyl halides is 3. The van der Waals surface area contributed by atoms with E-state index in [1.54, 1.807) is 18.4 Å². The summed E-state index contributed by atoms with van der Waals surface area (Å²) < 4.78 is 38.5. The van der Waals surface area contributed by atoms with E-state index in [0.717, 1.165) is 10.7 Å². The van der Waals surface area contributed by atoms with Crippen LogP contribution in [0.25, 0.3) is 0 Å². The molecule has 1 aromatic rings. The van der Waals surface area contributed by atoms with E-state index in [0.29, 0.717) is 44.6 Å². The van der Waals surface area contributed by atoms with Crippen molar-refractivity contribution in [2.75, 3.05) is 33.2 Å². The van der Waals surface area contributed by atoms with Crippen molar-refractivity contribution in [3.05, 3.63) is 16.1 Å². The van der Waals surface area contributed by atoms with E-state index in [9.17, 15) is 13.2 Å². The molecule has 1 N–H and O–H groups in total. The summed E-state index contributed by atoms with van der Waals surface area (Å²) in [5.74, 6) is 1.11. The Bertz CT molecular complexity index is 577. The van der Waals surface area contributed by atoms with Gasteiger partial charge in [0, 0.05) is 44.5 Å². The van der Waals surface area contributed by atoms with Gasteiger partial charge < -0.3 is 10.2 Å². The number of halogens is 3. The maximum Gasteiger partial charge on any atom is 0.403 e. The Morgan fingerprint density at radius 3 is 2.40 bits per heavy atom. The molecular weight excluding hydrogens is 351 g/mol. The van der Waals surface area contributed by atoms with Crippen molar-refractivity contribution in [2.24, 2.45) is 4.99 Å². The Labute approximate surface area is 150 Å². The molecule has 9 heteroatoms. The number of piperazine rings is 1. The summed E-state index contributed by atoms with van der Waals surface area (Å²) in [6.07, 6.45) is -4.18. The summed E-state index contributed by atoms with van der Waals surface area (Å²) in [5, 5.41) is 6.39. The van der Waals surface area contributed by atoms with Gasteiger partial charge >= 0.3 is 6.18 Å². The third kappa shape index (κ3) is 5.31. The molecule has 142 valence electrons. The number of rotatable bonds is 4. The highest BCUT2D eigenvalue weighted by Gasteiger charge is 2.41. The highest BCUT2D eigenvalue weighted by atomic mass is 32.1. The van der Waals surface area contributed by atoms with Crippen molar-refractivity contribution in [3.63, 3.8) is 0 Å². The first-order valence-electron chi connectivity index (χ1n) is 8.43. The van der Waals surface area contributed by atoms with Crippen LogP contribution in [0.4, 0.5) is 13.2 Å². The number of aliphatic imine (C=N–C) groups is 1. The zero-order valence-electron chi connectivity index (χ0n) is 15.1. The van der Waals surface area contributed by atoms with E-state index in [4.69, 9.17) is 0 Å². The van der Waals surface area contributed by atoms with Crippen LogP contribution < -0.4 is 5.32 Å². The second-order valence-corrected chi connectivity index (χ2v) is 7.36. The molecule has 0 bridgehead atoms. The molecule has 2 rings (SSSR count). The largest absolute Gasteiger partial charge is 0.403 e. The number of hydrogen-bond acceptors (Lipinski definition) is 4. The first kappa shape index (κ1) is 20.0. The number of nitrogens with zero attached hydrogens (tertiary/aromatic N) is 4. The van der Waals surface area contributed by atoms with Crippen LogP contribution in [-0.4, -0.2) is 66.2 Å². The monoisotopic (exact) mass is 377 g/mol. The van der Waals surface area contributed by atoms with Gasteiger partial charge in [-0.15, -0.1) is 11.3 Å². The zero-order valence-corrected chi connectivity index (χ0v) is 15.9. The fraction of sp³-hybridized carbons (Fsp3) is 0.750. The molecule has 1 fully saturated rings. The van der Waals surface area contributed by atoms with Crippen LogP contribution in [0, 0.1) is 0 Å². The molecule has 0 amide bonds. The molecule has 0 radical (unpaired) electrons. The van der Waals surface area contributed by atoms with Gasteiger partial charge in [0.15, 0.2) is 5.96 Å². The van der Waals surface area contributed by atoms with Gasteiger partial charge in [-0.1, -0.05) is 13.8 Å². The maximum absolute atomic E-state index is 12.8. The van der Waals surface area contributed by atoms with E-state index in [1.807, 2.05) is 10.3 Å². The minimum Gasteiger partial charge on any atom is -0.351 e. The van der Waals surface area contributed by atoms with Gasteiger partial charge in [-0.3, -0.25) is 9.89 Å². The molecule has 0 aliphatic carbocycles. The lowest BCUT2D eigenvalue weighted by Crippen LogP contribution is -2.56. The van der Waals surface area contributed by atoms with Crippen LogP contribution in [0.5, 0.6) is 0 Å². The smallest absolute Gasteiger partial charge is 0.351 e. The number of hydrogen-bond donors (Lipinski definition) is 1. The van der Waals surface area contributed by atoms with Crippen molar-refractivity contribution in [1.82, 2.24) is 20.1 Å². The van der Waals surface area contributed by atoms with Crippen molar-refractivity contribution in [3.8, 4) is 0 Å². The lowest BCUT2D eigenvalue weighted by Gasteiger charge is -2.39.